The lowest BCUT2D eigenvalue weighted by Crippen LogP contribution is -2.49. The Hall–Kier alpha value is -1.42. The average molecular weight is 278 g/mol. The summed E-state index contributed by atoms with van der Waals surface area (Å²) in [4.78, 5) is 11.7. The van der Waals surface area contributed by atoms with Gasteiger partial charge >= 0.3 is 0 Å². The Balaban J connectivity index is 1.71. The van der Waals surface area contributed by atoms with Gasteiger partial charge in [-0.2, -0.15) is 0 Å². The summed E-state index contributed by atoms with van der Waals surface area (Å²) in [7, 11) is 0. The number of amides is 1. The molecule has 3 nitrogen and oxygen atoms in total. The average Bonchev–Trinajstić information content (AvgIpc) is 2.24. The fourth-order valence-corrected chi connectivity index (χ4v) is 2.52. The zero-order valence-corrected chi connectivity index (χ0v) is 12.4. The predicted octanol–water partition coefficient (Wildman–Crippen LogP) is 2.58. The fourth-order valence-electron chi connectivity index (χ4n) is 2.52. The van der Waals surface area contributed by atoms with E-state index in [4.69, 9.17) is 0 Å². The molecule has 1 fully saturated rings. The molecule has 110 valence electrons. The van der Waals surface area contributed by atoms with Crippen LogP contribution in [0.2, 0.25) is 0 Å². The minimum atomic E-state index is -0.192. The van der Waals surface area contributed by atoms with Crippen LogP contribution in [0.15, 0.2) is 24.3 Å². The normalized spacial score (nSPS) is 22.2. The lowest BCUT2D eigenvalue weighted by Gasteiger charge is -2.36. The third kappa shape index (κ3) is 4.30. The van der Waals surface area contributed by atoms with E-state index in [1.165, 1.54) is 6.07 Å². The number of benzene rings is 1. The van der Waals surface area contributed by atoms with Crippen LogP contribution in [0.25, 0.3) is 0 Å². The van der Waals surface area contributed by atoms with E-state index >= 15 is 0 Å². The highest BCUT2D eigenvalue weighted by Crippen LogP contribution is 2.36. The standard InChI is InChI=1S/C16H23FN2O/c1-16(2,3)19-15(20)10-18-14-8-12(9-14)11-5-4-6-13(17)7-11/h4-7,12,14,18H,8-10H2,1-3H3,(H,19,20). The molecule has 20 heavy (non-hydrogen) atoms. The third-order valence-corrected chi connectivity index (χ3v) is 3.52. The van der Waals surface area contributed by atoms with Crippen molar-refractivity contribution in [3.63, 3.8) is 0 Å². The van der Waals surface area contributed by atoms with Crippen molar-refractivity contribution >= 4 is 5.91 Å². The van der Waals surface area contributed by atoms with Gasteiger partial charge in [-0.05, 0) is 57.2 Å². The molecule has 2 N–H and O–H groups in total. The topological polar surface area (TPSA) is 41.1 Å². The van der Waals surface area contributed by atoms with Gasteiger partial charge in [0.25, 0.3) is 0 Å². The quantitative estimate of drug-likeness (QED) is 0.889. The molecule has 0 aromatic heterocycles. The summed E-state index contributed by atoms with van der Waals surface area (Å²) < 4.78 is 13.1. The smallest absolute Gasteiger partial charge is 0.234 e. The molecular weight excluding hydrogens is 255 g/mol. The van der Waals surface area contributed by atoms with Gasteiger partial charge in [-0.15, -0.1) is 0 Å². The van der Waals surface area contributed by atoms with Crippen molar-refractivity contribution in [3.05, 3.63) is 35.6 Å². The SMILES string of the molecule is CC(C)(C)NC(=O)CNC1CC(c2cccc(F)c2)C1. The molecule has 4 heteroatoms. The van der Waals surface area contributed by atoms with Gasteiger partial charge in [0, 0.05) is 11.6 Å². The zero-order chi connectivity index (χ0) is 14.8. The number of rotatable bonds is 4. The van der Waals surface area contributed by atoms with Crippen LogP contribution >= 0.6 is 0 Å². The Bertz CT molecular complexity index is 476. The van der Waals surface area contributed by atoms with Crippen LogP contribution in [0.1, 0.15) is 45.1 Å². The molecule has 0 atom stereocenters. The summed E-state index contributed by atoms with van der Waals surface area (Å²) >= 11 is 0. The fraction of sp³-hybridized carbons (Fsp3) is 0.562. The number of hydrogen-bond acceptors (Lipinski definition) is 2. The first-order valence-electron chi connectivity index (χ1n) is 7.13. The Kier molecular flexibility index (Phi) is 4.43. The van der Waals surface area contributed by atoms with Gasteiger partial charge in [0.2, 0.25) is 5.91 Å². The highest BCUT2D eigenvalue weighted by molar-refractivity contribution is 5.78. The maximum absolute atomic E-state index is 13.1. The van der Waals surface area contributed by atoms with E-state index in [0.717, 1.165) is 18.4 Å². The van der Waals surface area contributed by atoms with Crippen molar-refractivity contribution < 1.29 is 9.18 Å². The molecule has 1 amide bonds. The van der Waals surface area contributed by atoms with Crippen molar-refractivity contribution in [2.75, 3.05) is 6.54 Å². The van der Waals surface area contributed by atoms with Crippen molar-refractivity contribution in [2.45, 2.75) is 51.1 Å². The molecule has 0 spiro atoms. The Morgan fingerprint density at radius 1 is 1.35 bits per heavy atom. The Morgan fingerprint density at radius 2 is 2.05 bits per heavy atom. The zero-order valence-electron chi connectivity index (χ0n) is 12.4. The molecule has 1 saturated carbocycles. The molecule has 1 aliphatic rings. The molecule has 0 saturated heterocycles. The number of carbonyl (C=O) groups is 1. The van der Waals surface area contributed by atoms with E-state index in [0.29, 0.717) is 18.5 Å². The van der Waals surface area contributed by atoms with Gasteiger partial charge in [0.05, 0.1) is 6.54 Å². The first-order chi connectivity index (χ1) is 9.33. The van der Waals surface area contributed by atoms with Gasteiger partial charge in [-0.3, -0.25) is 4.79 Å². The van der Waals surface area contributed by atoms with E-state index in [-0.39, 0.29) is 17.3 Å². The van der Waals surface area contributed by atoms with E-state index < -0.39 is 0 Å². The lowest BCUT2D eigenvalue weighted by molar-refractivity contribution is -0.121. The molecule has 0 unspecified atom stereocenters. The van der Waals surface area contributed by atoms with Gasteiger partial charge in [-0.1, -0.05) is 12.1 Å². The Morgan fingerprint density at radius 3 is 2.65 bits per heavy atom. The van der Waals surface area contributed by atoms with Crippen molar-refractivity contribution in [1.29, 1.82) is 0 Å². The van der Waals surface area contributed by atoms with Crippen molar-refractivity contribution in [3.8, 4) is 0 Å². The molecule has 0 radical (unpaired) electrons. The molecule has 2 rings (SSSR count). The second-order valence-corrected chi connectivity index (χ2v) is 6.60. The predicted molar refractivity (Wildman–Crippen MR) is 78.1 cm³/mol. The van der Waals surface area contributed by atoms with Crippen LogP contribution in [0.5, 0.6) is 0 Å². The van der Waals surface area contributed by atoms with Gasteiger partial charge in [-0.25, -0.2) is 4.39 Å². The molecule has 0 aliphatic heterocycles. The largest absolute Gasteiger partial charge is 0.350 e. The van der Waals surface area contributed by atoms with Gasteiger partial charge in [0.1, 0.15) is 5.82 Å². The number of hydrogen-bond donors (Lipinski definition) is 2. The lowest BCUT2D eigenvalue weighted by atomic mass is 9.76. The van der Waals surface area contributed by atoms with Crippen LogP contribution in [-0.4, -0.2) is 24.0 Å². The summed E-state index contributed by atoms with van der Waals surface area (Å²) in [5, 5.41) is 6.17. The molecule has 0 bridgehead atoms. The van der Waals surface area contributed by atoms with E-state index in [1.807, 2.05) is 26.8 Å². The van der Waals surface area contributed by atoms with Crippen LogP contribution < -0.4 is 10.6 Å². The third-order valence-electron chi connectivity index (χ3n) is 3.52. The molecule has 1 aromatic carbocycles. The summed E-state index contributed by atoms with van der Waals surface area (Å²) in [6.45, 7) is 6.24. The highest BCUT2D eigenvalue weighted by atomic mass is 19.1. The highest BCUT2D eigenvalue weighted by Gasteiger charge is 2.30. The number of nitrogens with one attached hydrogen (secondary N) is 2. The first-order valence-corrected chi connectivity index (χ1v) is 7.13. The molecule has 1 aromatic rings. The maximum atomic E-state index is 13.1. The molecular formula is C16H23FN2O. The number of carbonyl (C=O) groups excluding carboxylic acids is 1. The van der Waals surface area contributed by atoms with Gasteiger partial charge in [0.15, 0.2) is 0 Å². The van der Waals surface area contributed by atoms with Crippen molar-refractivity contribution in [2.24, 2.45) is 0 Å². The van der Waals surface area contributed by atoms with Crippen molar-refractivity contribution in [1.82, 2.24) is 10.6 Å². The summed E-state index contributed by atoms with van der Waals surface area (Å²) in [6.07, 6.45) is 1.93. The molecule has 0 heterocycles. The van der Waals surface area contributed by atoms with Crippen LogP contribution in [0.4, 0.5) is 4.39 Å². The monoisotopic (exact) mass is 278 g/mol. The summed E-state index contributed by atoms with van der Waals surface area (Å²) in [6, 6.07) is 7.15. The van der Waals surface area contributed by atoms with Crippen LogP contribution in [-0.2, 0) is 4.79 Å². The van der Waals surface area contributed by atoms with E-state index in [9.17, 15) is 9.18 Å². The van der Waals surface area contributed by atoms with Crippen LogP contribution in [0, 0.1) is 5.82 Å². The van der Waals surface area contributed by atoms with Gasteiger partial charge < -0.3 is 10.6 Å². The summed E-state index contributed by atoms with van der Waals surface area (Å²) in [5.41, 5.74) is 0.866. The molecule has 1 aliphatic carbocycles. The van der Waals surface area contributed by atoms with E-state index in [2.05, 4.69) is 10.6 Å². The summed E-state index contributed by atoms with van der Waals surface area (Å²) in [5.74, 6) is 0.254. The van der Waals surface area contributed by atoms with Crippen LogP contribution in [0.3, 0.4) is 0 Å². The second kappa shape index (κ2) is 5.92. The number of halogens is 1. The Labute approximate surface area is 120 Å². The second-order valence-electron chi connectivity index (χ2n) is 6.60. The minimum Gasteiger partial charge on any atom is -0.350 e. The first kappa shape index (κ1) is 15.0. The maximum Gasteiger partial charge on any atom is 0.234 e. The van der Waals surface area contributed by atoms with E-state index in [1.54, 1.807) is 12.1 Å². The minimum absolute atomic E-state index is 0.0201.